The van der Waals surface area contributed by atoms with Gasteiger partial charge in [0.15, 0.2) is 12.6 Å². The van der Waals surface area contributed by atoms with Crippen LogP contribution in [0.2, 0.25) is 0 Å². The number of carbonyl (C=O) groups is 1. The van der Waals surface area contributed by atoms with Gasteiger partial charge in [-0.05, 0) is 94.3 Å². The van der Waals surface area contributed by atoms with E-state index >= 15 is 0 Å². The van der Waals surface area contributed by atoms with Crippen molar-refractivity contribution >= 4 is 16.4 Å². The van der Waals surface area contributed by atoms with E-state index in [9.17, 15) is 48.4 Å². The monoisotopic (exact) mass is 866 g/mol. The molecule has 16 nitrogen and oxygen atoms in total. The van der Waals surface area contributed by atoms with Crippen molar-refractivity contribution in [1.29, 1.82) is 0 Å². The molecule has 3 saturated carbocycles. The summed E-state index contributed by atoms with van der Waals surface area (Å²) in [6.07, 6.45) is -7.68. The van der Waals surface area contributed by atoms with Gasteiger partial charge in [0.05, 0.1) is 30.8 Å². The van der Waals surface area contributed by atoms with Crippen LogP contribution in [0.1, 0.15) is 99.3 Å². The molecule has 0 aromatic rings. The van der Waals surface area contributed by atoms with E-state index in [1.165, 1.54) is 5.57 Å². The Labute approximate surface area is 369 Å². The molecule has 6 N–H and O–H groups in total. The van der Waals surface area contributed by atoms with Crippen molar-refractivity contribution in [3.8, 4) is 0 Å². The first-order chi connectivity index (χ1) is 27.0. The molecule has 3 heterocycles. The zero-order valence-corrected chi connectivity index (χ0v) is 38.1. The number of esters is 1. The number of aliphatic hydroxyl groups excluding tert-OH is 6. The van der Waals surface area contributed by atoms with E-state index in [-0.39, 0.29) is 65.3 Å². The Hall–Kier alpha value is -0.580. The Kier molecular flexibility index (Phi) is 13.6. The van der Waals surface area contributed by atoms with E-state index < -0.39 is 106 Å². The predicted octanol–water partition coefficient (Wildman–Crippen LogP) is -1.26. The molecule has 0 radical (unpaired) electrons. The van der Waals surface area contributed by atoms with E-state index in [4.69, 9.17) is 23.7 Å². The Morgan fingerprint density at radius 1 is 0.966 bits per heavy atom. The third kappa shape index (κ3) is 7.69. The molecule has 0 aromatic heterocycles. The van der Waals surface area contributed by atoms with E-state index in [1.807, 2.05) is 13.8 Å². The maximum atomic E-state index is 14.2. The first-order valence-electron chi connectivity index (χ1n) is 20.8. The van der Waals surface area contributed by atoms with Crippen molar-refractivity contribution in [1.82, 2.24) is 0 Å². The molecule has 7 rings (SSSR count). The summed E-state index contributed by atoms with van der Waals surface area (Å²) in [5, 5.41) is 64.6. The van der Waals surface area contributed by atoms with Gasteiger partial charge in [-0.15, -0.1) is 6.58 Å². The number of hydrogen-bond acceptors (Lipinski definition) is 16. The van der Waals surface area contributed by atoms with Crippen LogP contribution in [0, 0.1) is 39.4 Å². The Morgan fingerprint density at radius 2 is 1.66 bits per heavy atom. The second-order valence-electron chi connectivity index (χ2n) is 19.5. The number of aliphatic hydroxyl groups is 6. The summed E-state index contributed by atoms with van der Waals surface area (Å²) in [7, 11) is -5.36. The number of hydrogen-bond donors (Lipinski definition) is 6. The molecule has 0 bridgehead atoms. The molecule has 0 aromatic carbocycles. The number of carbonyl (C=O) groups excluding carboxylic acids is 1. The van der Waals surface area contributed by atoms with Crippen LogP contribution in [0.15, 0.2) is 23.8 Å². The summed E-state index contributed by atoms with van der Waals surface area (Å²) in [6.45, 7) is 15.5. The fraction of sp³-hybridized carbons (Fsp3) is 0.878. The van der Waals surface area contributed by atoms with Gasteiger partial charge < -0.3 is 58.9 Å². The Bertz CT molecular complexity index is 1740. The average Bonchev–Trinajstić information content (AvgIpc) is 3.59. The van der Waals surface area contributed by atoms with Crippen LogP contribution in [-0.4, -0.2) is 136 Å². The minimum Gasteiger partial charge on any atom is -0.726 e. The number of rotatable bonds is 11. The summed E-state index contributed by atoms with van der Waals surface area (Å²) in [5.74, 6) is 0.0368. The third-order valence-corrected chi connectivity index (χ3v) is 16.6. The van der Waals surface area contributed by atoms with Crippen LogP contribution in [0.3, 0.4) is 0 Å². The van der Waals surface area contributed by atoms with Crippen LogP contribution in [0.25, 0.3) is 0 Å². The van der Waals surface area contributed by atoms with Gasteiger partial charge in [0.1, 0.15) is 48.3 Å². The van der Waals surface area contributed by atoms with Gasteiger partial charge in [-0.3, -0.25) is 8.98 Å². The minimum absolute atomic E-state index is 0. The molecule has 59 heavy (non-hydrogen) atoms. The topological polar surface area (TPSA) is 251 Å². The van der Waals surface area contributed by atoms with Crippen molar-refractivity contribution in [3.63, 3.8) is 0 Å². The van der Waals surface area contributed by atoms with Crippen molar-refractivity contribution in [2.45, 2.75) is 172 Å². The van der Waals surface area contributed by atoms with Gasteiger partial charge in [0.25, 0.3) is 0 Å². The standard InChI is InChI=1S/C41H64O16S.Na/c1-20(2)8-11-27(44)40(7)26-13-16-39(6)22-9-10-25-37(3,4)28(14-15-38(25,5)21(22)12-17-41(26,39)36(48)56-40)54-35-33(29(45)23(43)19-52-35)55-34-31(47)30(46)32(24(18-42)53-34)57-58(49,50)51;/h9,21,23-35,42-47H,1,8,10-19H2,2-7H3,(H,49,50,51);/q;+1/p-1/t21-,23+,24+,25-,26+,27?,28-,29-,30+,31+,32+,33+,34-,35-,38+,39-,40+,41+;/m0./s1. The van der Waals surface area contributed by atoms with E-state index in [1.54, 1.807) is 0 Å². The van der Waals surface area contributed by atoms with E-state index in [2.05, 4.69) is 44.5 Å². The van der Waals surface area contributed by atoms with Crippen molar-refractivity contribution in [2.24, 2.45) is 39.4 Å². The maximum Gasteiger partial charge on any atom is 1.00 e. The van der Waals surface area contributed by atoms with Gasteiger partial charge in [-0.25, -0.2) is 8.42 Å². The zero-order valence-electron chi connectivity index (χ0n) is 35.3. The second kappa shape index (κ2) is 16.8. The molecular formula is C41H63NaO16S. The second-order valence-corrected chi connectivity index (χ2v) is 20.6. The molecule has 1 unspecified atom stereocenters. The normalized spacial score (nSPS) is 48.3. The predicted molar refractivity (Wildman–Crippen MR) is 202 cm³/mol. The summed E-state index contributed by atoms with van der Waals surface area (Å²) in [6, 6.07) is 0. The zero-order chi connectivity index (χ0) is 42.5. The summed E-state index contributed by atoms with van der Waals surface area (Å²) >= 11 is 0. The molecule has 6 fully saturated rings. The molecule has 4 aliphatic carbocycles. The molecule has 330 valence electrons. The SMILES string of the molecule is C=C(C)CCC(O)[C@]1(C)OC(=O)[C@]23CC[C@H]4C(=CC[C@H]5C(C)(C)[C@@H](O[C@@H]6OC[C@@H](O)[C@H](O)[C@H]6O[C@@H]6O[C@H](CO)[C@@H](OS(=O)(=O)[O-])[C@H](O)[C@H]6O)CC[C@]45C)[C@]2(C)CC[C@H]13.[Na+]. The van der Waals surface area contributed by atoms with Gasteiger partial charge >= 0.3 is 35.5 Å². The van der Waals surface area contributed by atoms with Gasteiger partial charge in [0, 0.05) is 11.3 Å². The number of ether oxygens (including phenoxy) is 5. The molecule has 3 aliphatic heterocycles. The van der Waals surface area contributed by atoms with Crippen LogP contribution in [-0.2, 0) is 43.1 Å². The average molecular weight is 867 g/mol. The smallest absolute Gasteiger partial charge is 0.726 e. The molecule has 7 aliphatic rings. The van der Waals surface area contributed by atoms with Crippen molar-refractivity contribution in [3.05, 3.63) is 23.8 Å². The molecule has 1 spiro atoms. The third-order valence-electron chi connectivity index (χ3n) is 16.1. The molecule has 18 atom stereocenters. The summed E-state index contributed by atoms with van der Waals surface area (Å²) in [4.78, 5) is 14.2. The van der Waals surface area contributed by atoms with Crippen molar-refractivity contribution < 1.29 is 106 Å². The summed E-state index contributed by atoms with van der Waals surface area (Å²) in [5.41, 5.74) is -0.431. The van der Waals surface area contributed by atoms with Crippen LogP contribution < -0.4 is 29.6 Å². The first kappa shape index (κ1) is 47.9. The Balaban J connectivity index is 0.00000585. The molecule has 0 amide bonds. The maximum absolute atomic E-state index is 14.2. The Morgan fingerprint density at radius 3 is 2.31 bits per heavy atom. The van der Waals surface area contributed by atoms with Crippen LogP contribution in [0.5, 0.6) is 0 Å². The number of allylic oxidation sites excluding steroid dienone is 3. The van der Waals surface area contributed by atoms with Crippen molar-refractivity contribution in [2.75, 3.05) is 13.2 Å². The van der Waals surface area contributed by atoms with E-state index in [0.29, 0.717) is 25.7 Å². The molecule has 18 heteroatoms. The van der Waals surface area contributed by atoms with Gasteiger partial charge in [0.2, 0.25) is 10.4 Å². The van der Waals surface area contributed by atoms with Crippen LogP contribution in [0.4, 0.5) is 0 Å². The minimum atomic E-state index is -5.36. The molecule has 3 saturated heterocycles. The summed E-state index contributed by atoms with van der Waals surface area (Å²) < 4.78 is 68.5. The fourth-order valence-electron chi connectivity index (χ4n) is 13.0. The quantitative estimate of drug-likeness (QED) is 0.0466. The number of cyclic esters (lactones) is 1. The number of fused-ring (bicyclic) bond motifs is 4. The fourth-order valence-corrected chi connectivity index (χ4v) is 13.5. The first-order valence-corrected chi connectivity index (χ1v) is 22.1. The van der Waals surface area contributed by atoms with E-state index in [0.717, 1.165) is 37.7 Å². The molecular weight excluding hydrogens is 803 g/mol. The van der Waals surface area contributed by atoms with Gasteiger partial charge in [-0.1, -0.05) is 44.9 Å². The van der Waals surface area contributed by atoms with Gasteiger partial charge in [-0.2, -0.15) is 0 Å². The largest absolute Gasteiger partial charge is 1.00 e. The van der Waals surface area contributed by atoms with Crippen LogP contribution >= 0.6 is 0 Å².